The van der Waals surface area contributed by atoms with Gasteiger partial charge < -0.3 is 14.4 Å². The normalized spacial score (nSPS) is 16.2. The standard InChI is InChI=1S/C22H22ClNO5/c1-14(2)29-19-9-7-18(8-10-19)24-12-16(11-21(24)26)22(27)28-13-20(25)15-3-5-17(23)6-4-15/h3-10,14,16H,11-13H2,1-2H3. The minimum absolute atomic E-state index is 0.0538. The Labute approximate surface area is 174 Å². The molecule has 6 nitrogen and oxygen atoms in total. The van der Waals surface area contributed by atoms with E-state index in [0.717, 1.165) is 0 Å². The largest absolute Gasteiger partial charge is 0.491 e. The number of ketones is 1. The van der Waals surface area contributed by atoms with Crippen LogP contribution in [0, 0.1) is 5.92 Å². The molecule has 0 saturated carbocycles. The zero-order chi connectivity index (χ0) is 21.0. The minimum atomic E-state index is -0.605. The molecule has 1 aliphatic rings. The van der Waals surface area contributed by atoms with Crippen LogP contribution >= 0.6 is 11.6 Å². The van der Waals surface area contributed by atoms with Crippen molar-refractivity contribution in [3.8, 4) is 5.75 Å². The quantitative estimate of drug-likeness (QED) is 0.506. The summed E-state index contributed by atoms with van der Waals surface area (Å²) in [7, 11) is 0. The number of amides is 1. The van der Waals surface area contributed by atoms with Crippen molar-refractivity contribution < 1.29 is 23.9 Å². The van der Waals surface area contributed by atoms with Crippen molar-refractivity contribution in [2.24, 2.45) is 5.92 Å². The van der Waals surface area contributed by atoms with Crippen LogP contribution in [0.25, 0.3) is 0 Å². The number of nitrogens with zero attached hydrogens (tertiary/aromatic N) is 1. The molecule has 29 heavy (non-hydrogen) atoms. The molecular weight excluding hydrogens is 394 g/mol. The number of ether oxygens (including phenoxy) is 2. The van der Waals surface area contributed by atoms with E-state index in [1.807, 2.05) is 13.8 Å². The Morgan fingerprint density at radius 1 is 1.10 bits per heavy atom. The molecule has 2 aromatic rings. The van der Waals surface area contributed by atoms with E-state index in [0.29, 0.717) is 22.0 Å². The first-order valence-electron chi connectivity index (χ1n) is 9.36. The number of carbonyl (C=O) groups is 3. The van der Waals surface area contributed by atoms with Gasteiger partial charge in [0, 0.05) is 29.2 Å². The summed E-state index contributed by atoms with van der Waals surface area (Å²) in [5.74, 6) is -0.924. The number of esters is 1. The molecule has 0 radical (unpaired) electrons. The van der Waals surface area contributed by atoms with Crippen molar-refractivity contribution >= 4 is 34.9 Å². The van der Waals surface area contributed by atoms with E-state index < -0.39 is 11.9 Å². The molecule has 0 N–H and O–H groups in total. The third kappa shape index (κ3) is 5.35. The molecule has 0 aromatic heterocycles. The predicted octanol–water partition coefficient (Wildman–Crippen LogP) is 3.91. The van der Waals surface area contributed by atoms with Crippen molar-refractivity contribution in [3.63, 3.8) is 0 Å². The molecule has 1 unspecified atom stereocenters. The number of Topliss-reactive ketones (excluding diaryl/α,β-unsaturated/α-hetero) is 1. The van der Waals surface area contributed by atoms with Gasteiger partial charge in [-0.1, -0.05) is 11.6 Å². The van der Waals surface area contributed by atoms with Crippen LogP contribution in [0.1, 0.15) is 30.6 Å². The lowest BCUT2D eigenvalue weighted by Gasteiger charge is -2.17. The lowest BCUT2D eigenvalue weighted by Crippen LogP contribution is -2.27. The van der Waals surface area contributed by atoms with Gasteiger partial charge in [0.05, 0.1) is 12.0 Å². The molecule has 152 valence electrons. The van der Waals surface area contributed by atoms with Gasteiger partial charge in [0.25, 0.3) is 0 Å². The second kappa shape index (κ2) is 9.09. The Bertz CT molecular complexity index is 892. The summed E-state index contributed by atoms with van der Waals surface area (Å²) >= 11 is 5.80. The van der Waals surface area contributed by atoms with Gasteiger partial charge in [0.2, 0.25) is 5.91 Å². The molecule has 0 aliphatic carbocycles. The molecule has 3 rings (SSSR count). The van der Waals surface area contributed by atoms with E-state index in [-0.39, 0.29) is 37.4 Å². The molecule has 1 atom stereocenters. The highest BCUT2D eigenvalue weighted by Gasteiger charge is 2.36. The smallest absolute Gasteiger partial charge is 0.311 e. The molecule has 1 heterocycles. The summed E-state index contributed by atoms with van der Waals surface area (Å²) in [5.41, 5.74) is 1.11. The molecule has 0 bridgehead atoms. The minimum Gasteiger partial charge on any atom is -0.491 e. The summed E-state index contributed by atoms with van der Waals surface area (Å²) in [6.07, 6.45) is 0.113. The summed E-state index contributed by atoms with van der Waals surface area (Å²) < 4.78 is 10.7. The van der Waals surface area contributed by atoms with Crippen LogP contribution in [0.5, 0.6) is 5.75 Å². The van der Waals surface area contributed by atoms with Crippen LogP contribution in [0.4, 0.5) is 5.69 Å². The third-order valence-corrected chi connectivity index (χ3v) is 4.74. The summed E-state index contributed by atoms with van der Waals surface area (Å²) in [5, 5.41) is 0.520. The van der Waals surface area contributed by atoms with Crippen LogP contribution in [0.2, 0.25) is 5.02 Å². The van der Waals surface area contributed by atoms with Gasteiger partial charge in [0.15, 0.2) is 12.4 Å². The fourth-order valence-electron chi connectivity index (χ4n) is 3.07. The lowest BCUT2D eigenvalue weighted by atomic mass is 10.1. The first-order valence-corrected chi connectivity index (χ1v) is 9.74. The second-order valence-corrected chi connectivity index (χ2v) is 7.54. The monoisotopic (exact) mass is 415 g/mol. The van der Waals surface area contributed by atoms with E-state index in [1.165, 1.54) is 0 Å². The van der Waals surface area contributed by atoms with E-state index >= 15 is 0 Å². The Morgan fingerprint density at radius 3 is 2.38 bits per heavy atom. The molecule has 7 heteroatoms. The Balaban J connectivity index is 1.55. The van der Waals surface area contributed by atoms with Gasteiger partial charge >= 0.3 is 5.97 Å². The van der Waals surface area contributed by atoms with Gasteiger partial charge in [-0.2, -0.15) is 0 Å². The van der Waals surface area contributed by atoms with E-state index in [9.17, 15) is 14.4 Å². The number of halogens is 1. The predicted molar refractivity (Wildman–Crippen MR) is 109 cm³/mol. The Morgan fingerprint density at radius 2 is 1.76 bits per heavy atom. The first-order chi connectivity index (χ1) is 13.8. The number of carbonyl (C=O) groups excluding carboxylic acids is 3. The molecule has 1 saturated heterocycles. The van der Waals surface area contributed by atoms with Crippen LogP contribution in [0.3, 0.4) is 0 Å². The maximum atomic E-state index is 12.4. The van der Waals surface area contributed by atoms with Crippen LogP contribution in [0.15, 0.2) is 48.5 Å². The SMILES string of the molecule is CC(C)Oc1ccc(N2CC(C(=O)OCC(=O)c3ccc(Cl)cc3)CC2=O)cc1. The fourth-order valence-corrected chi connectivity index (χ4v) is 3.19. The summed E-state index contributed by atoms with van der Waals surface area (Å²) in [6, 6.07) is 13.5. The highest BCUT2D eigenvalue weighted by Crippen LogP contribution is 2.27. The first kappa shape index (κ1) is 20.9. The maximum absolute atomic E-state index is 12.4. The molecule has 1 amide bonds. The molecule has 1 aliphatic heterocycles. The molecule has 0 spiro atoms. The average Bonchev–Trinajstić information content (AvgIpc) is 3.08. The van der Waals surface area contributed by atoms with Crippen molar-refractivity contribution in [2.45, 2.75) is 26.4 Å². The number of benzene rings is 2. The fraction of sp³-hybridized carbons (Fsp3) is 0.318. The highest BCUT2D eigenvalue weighted by atomic mass is 35.5. The number of hydrogen-bond acceptors (Lipinski definition) is 5. The topological polar surface area (TPSA) is 72.9 Å². The van der Waals surface area contributed by atoms with Crippen molar-refractivity contribution in [3.05, 3.63) is 59.1 Å². The summed E-state index contributed by atoms with van der Waals surface area (Å²) in [4.78, 5) is 38.4. The second-order valence-electron chi connectivity index (χ2n) is 7.10. The molecular formula is C22H22ClNO5. The zero-order valence-corrected chi connectivity index (χ0v) is 17.0. The van der Waals surface area contributed by atoms with Gasteiger partial charge in [-0.3, -0.25) is 14.4 Å². The molecule has 2 aromatic carbocycles. The van der Waals surface area contributed by atoms with Crippen LogP contribution in [-0.2, 0) is 14.3 Å². The highest BCUT2D eigenvalue weighted by molar-refractivity contribution is 6.30. The maximum Gasteiger partial charge on any atom is 0.311 e. The number of rotatable bonds is 7. The van der Waals surface area contributed by atoms with Gasteiger partial charge in [0.1, 0.15) is 5.75 Å². The van der Waals surface area contributed by atoms with E-state index in [1.54, 1.807) is 53.4 Å². The zero-order valence-electron chi connectivity index (χ0n) is 16.3. The van der Waals surface area contributed by atoms with E-state index in [4.69, 9.17) is 21.1 Å². The third-order valence-electron chi connectivity index (χ3n) is 4.49. The Hall–Kier alpha value is -2.86. The Kier molecular flexibility index (Phi) is 6.54. The average molecular weight is 416 g/mol. The lowest BCUT2D eigenvalue weighted by molar-refractivity contribution is -0.147. The van der Waals surface area contributed by atoms with Crippen molar-refractivity contribution in [1.29, 1.82) is 0 Å². The van der Waals surface area contributed by atoms with Crippen molar-refractivity contribution in [2.75, 3.05) is 18.1 Å². The van der Waals surface area contributed by atoms with Gasteiger partial charge in [-0.15, -0.1) is 0 Å². The van der Waals surface area contributed by atoms with Crippen LogP contribution in [-0.4, -0.2) is 36.9 Å². The van der Waals surface area contributed by atoms with E-state index in [2.05, 4.69) is 0 Å². The van der Waals surface area contributed by atoms with Gasteiger partial charge in [-0.05, 0) is 62.4 Å². The van der Waals surface area contributed by atoms with Crippen LogP contribution < -0.4 is 9.64 Å². The van der Waals surface area contributed by atoms with Crippen molar-refractivity contribution in [1.82, 2.24) is 0 Å². The number of anilines is 1. The molecule has 1 fully saturated rings. The number of hydrogen-bond donors (Lipinski definition) is 0. The van der Waals surface area contributed by atoms with Gasteiger partial charge in [-0.25, -0.2) is 0 Å². The summed E-state index contributed by atoms with van der Waals surface area (Å²) in [6.45, 7) is 3.72.